The summed E-state index contributed by atoms with van der Waals surface area (Å²) in [6, 6.07) is 0. The summed E-state index contributed by atoms with van der Waals surface area (Å²) in [4.78, 5) is 24.8. The van der Waals surface area contributed by atoms with Crippen LogP contribution in [-0.4, -0.2) is 14.9 Å². The Labute approximate surface area is 103 Å². The highest BCUT2D eigenvalue weighted by Gasteiger charge is 2.00. The molecule has 1 heterocycles. The molecule has 0 atom stereocenters. The molecule has 0 unspecified atom stereocenters. The Hall–Kier alpha value is -0.840. The minimum Gasteiger partial charge on any atom is -0.300 e. The van der Waals surface area contributed by atoms with E-state index in [1.54, 1.807) is 17.7 Å². The lowest BCUT2D eigenvalue weighted by Crippen LogP contribution is -2.30. The molecular formula is C11H17BrN2O2. The molecule has 0 bridgehead atoms. The van der Waals surface area contributed by atoms with Crippen molar-refractivity contribution in [3.8, 4) is 0 Å². The van der Waals surface area contributed by atoms with E-state index >= 15 is 0 Å². The van der Waals surface area contributed by atoms with Crippen LogP contribution in [0.2, 0.25) is 0 Å². The van der Waals surface area contributed by atoms with Crippen molar-refractivity contribution in [2.45, 2.75) is 39.2 Å². The Balaban J connectivity index is 2.51. The van der Waals surface area contributed by atoms with Gasteiger partial charge >= 0.3 is 5.69 Å². The van der Waals surface area contributed by atoms with E-state index in [0.717, 1.165) is 18.2 Å². The number of aromatic nitrogens is 2. The Morgan fingerprint density at radius 1 is 1.25 bits per heavy atom. The van der Waals surface area contributed by atoms with Crippen molar-refractivity contribution in [2.24, 2.45) is 0 Å². The Bertz CT molecular complexity index is 436. The van der Waals surface area contributed by atoms with Gasteiger partial charge in [0.05, 0.1) is 0 Å². The highest BCUT2D eigenvalue weighted by atomic mass is 79.9. The molecule has 0 spiro atoms. The van der Waals surface area contributed by atoms with Gasteiger partial charge in [0.1, 0.15) is 0 Å². The van der Waals surface area contributed by atoms with Crippen molar-refractivity contribution in [3.63, 3.8) is 0 Å². The monoisotopic (exact) mass is 288 g/mol. The third kappa shape index (κ3) is 3.96. The number of nitrogens with zero attached hydrogens (tertiary/aromatic N) is 1. The lowest BCUT2D eigenvalue weighted by atomic mass is 10.2. The molecule has 0 radical (unpaired) electrons. The molecule has 0 amide bonds. The molecule has 0 aromatic carbocycles. The van der Waals surface area contributed by atoms with Crippen molar-refractivity contribution in [3.05, 3.63) is 32.6 Å². The van der Waals surface area contributed by atoms with Crippen LogP contribution in [0.5, 0.6) is 0 Å². The number of aryl methyl sites for hydroxylation is 2. The van der Waals surface area contributed by atoms with E-state index < -0.39 is 0 Å². The van der Waals surface area contributed by atoms with Crippen LogP contribution >= 0.6 is 15.9 Å². The summed E-state index contributed by atoms with van der Waals surface area (Å²) in [5.41, 5.74) is -0.0170. The van der Waals surface area contributed by atoms with E-state index in [2.05, 4.69) is 20.9 Å². The fraction of sp³-hybridized carbons (Fsp3) is 0.636. The molecule has 0 saturated carbocycles. The first-order valence-electron chi connectivity index (χ1n) is 5.51. The predicted octanol–water partition coefficient (Wildman–Crippen LogP) is 1.80. The molecule has 0 saturated heterocycles. The smallest absolute Gasteiger partial charge is 0.300 e. The number of alkyl halides is 1. The minimum atomic E-state index is -0.309. The van der Waals surface area contributed by atoms with Crippen LogP contribution in [0.15, 0.2) is 15.8 Å². The quantitative estimate of drug-likeness (QED) is 0.641. The van der Waals surface area contributed by atoms with Crippen LogP contribution in [0.25, 0.3) is 0 Å². The van der Waals surface area contributed by atoms with Crippen LogP contribution < -0.4 is 11.2 Å². The van der Waals surface area contributed by atoms with Gasteiger partial charge < -0.3 is 4.57 Å². The summed E-state index contributed by atoms with van der Waals surface area (Å²) in [6.45, 7) is 2.39. The number of hydrogen-bond acceptors (Lipinski definition) is 2. The molecule has 5 heteroatoms. The lowest BCUT2D eigenvalue weighted by Gasteiger charge is -2.05. The van der Waals surface area contributed by atoms with E-state index in [-0.39, 0.29) is 11.2 Å². The van der Waals surface area contributed by atoms with Gasteiger partial charge in [-0.05, 0) is 19.8 Å². The van der Waals surface area contributed by atoms with Gasteiger partial charge in [0, 0.05) is 23.6 Å². The Kier molecular flexibility index (Phi) is 5.52. The number of halogens is 1. The third-order valence-electron chi connectivity index (χ3n) is 2.47. The van der Waals surface area contributed by atoms with E-state index in [4.69, 9.17) is 0 Å². The second-order valence-corrected chi connectivity index (χ2v) is 4.66. The predicted molar refractivity (Wildman–Crippen MR) is 68.3 cm³/mol. The fourth-order valence-electron chi connectivity index (χ4n) is 1.51. The molecule has 0 aliphatic carbocycles. The van der Waals surface area contributed by atoms with Gasteiger partial charge in [-0.15, -0.1) is 0 Å². The molecule has 0 aliphatic rings. The number of hydrogen-bond donors (Lipinski definition) is 1. The zero-order valence-electron chi connectivity index (χ0n) is 9.46. The van der Waals surface area contributed by atoms with Gasteiger partial charge in [-0.1, -0.05) is 28.8 Å². The summed E-state index contributed by atoms with van der Waals surface area (Å²) in [7, 11) is 0. The third-order valence-corrected chi connectivity index (χ3v) is 3.03. The Morgan fingerprint density at radius 3 is 2.62 bits per heavy atom. The SMILES string of the molecule is Cc1cn(CCCCCCBr)c(=O)[nH]c1=O. The lowest BCUT2D eigenvalue weighted by molar-refractivity contribution is 0.560. The van der Waals surface area contributed by atoms with Crippen LogP contribution in [-0.2, 0) is 6.54 Å². The first kappa shape index (κ1) is 13.2. The van der Waals surface area contributed by atoms with Gasteiger partial charge in [-0.2, -0.15) is 0 Å². The first-order chi connectivity index (χ1) is 7.65. The molecule has 0 aliphatic heterocycles. The summed E-state index contributed by atoms with van der Waals surface area (Å²) in [6.07, 6.45) is 6.04. The molecule has 1 aromatic heterocycles. The summed E-state index contributed by atoms with van der Waals surface area (Å²) < 4.78 is 1.57. The van der Waals surface area contributed by atoms with E-state index in [0.29, 0.717) is 12.1 Å². The van der Waals surface area contributed by atoms with E-state index in [1.807, 2.05) is 0 Å². The highest BCUT2D eigenvalue weighted by Crippen LogP contribution is 2.02. The van der Waals surface area contributed by atoms with Crippen molar-refractivity contribution >= 4 is 15.9 Å². The van der Waals surface area contributed by atoms with Gasteiger partial charge in [-0.3, -0.25) is 9.78 Å². The standard InChI is InChI=1S/C11H17BrN2O2/c1-9-8-14(11(16)13-10(9)15)7-5-3-2-4-6-12/h8H,2-7H2,1H3,(H,13,15,16). The average Bonchev–Trinajstić information content (AvgIpc) is 2.25. The number of rotatable bonds is 6. The van der Waals surface area contributed by atoms with Crippen molar-refractivity contribution in [2.75, 3.05) is 5.33 Å². The van der Waals surface area contributed by atoms with Gasteiger partial charge in [0.2, 0.25) is 0 Å². The van der Waals surface area contributed by atoms with Crippen LogP contribution in [0.1, 0.15) is 31.2 Å². The number of H-pyrrole nitrogens is 1. The molecule has 1 rings (SSSR count). The number of nitrogens with one attached hydrogen (secondary N) is 1. The zero-order valence-corrected chi connectivity index (χ0v) is 11.0. The number of unbranched alkanes of at least 4 members (excludes halogenated alkanes) is 3. The molecular weight excluding hydrogens is 272 g/mol. The van der Waals surface area contributed by atoms with E-state index in [1.165, 1.54) is 12.8 Å². The maximum atomic E-state index is 11.4. The van der Waals surface area contributed by atoms with Crippen molar-refractivity contribution < 1.29 is 0 Å². The van der Waals surface area contributed by atoms with Crippen LogP contribution in [0, 0.1) is 6.92 Å². The van der Waals surface area contributed by atoms with Gasteiger partial charge in [0.25, 0.3) is 5.56 Å². The second-order valence-electron chi connectivity index (χ2n) is 3.87. The zero-order chi connectivity index (χ0) is 12.0. The maximum absolute atomic E-state index is 11.4. The normalized spacial score (nSPS) is 10.6. The Morgan fingerprint density at radius 2 is 1.94 bits per heavy atom. The fourth-order valence-corrected chi connectivity index (χ4v) is 1.91. The molecule has 16 heavy (non-hydrogen) atoms. The van der Waals surface area contributed by atoms with Crippen LogP contribution in [0.4, 0.5) is 0 Å². The molecule has 1 aromatic rings. The van der Waals surface area contributed by atoms with Gasteiger partial charge in [-0.25, -0.2) is 4.79 Å². The van der Waals surface area contributed by atoms with Crippen molar-refractivity contribution in [1.29, 1.82) is 0 Å². The summed E-state index contributed by atoms with van der Waals surface area (Å²) in [5.74, 6) is 0. The molecule has 0 fully saturated rings. The number of aromatic amines is 1. The largest absolute Gasteiger partial charge is 0.328 e. The minimum absolute atomic E-state index is 0.291. The average molecular weight is 289 g/mol. The molecule has 4 nitrogen and oxygen atoms in total. The van der Waals surface area contributed by atoms with Crippen LogP contribution in [0.3, 0.4) is 0 Å². The maximum Gasteiger partial charge on any atom is 0.328 e. The van der Waals surface area contributed by atoms with Crippen molar-refractivity contribution in [1.82, 2.24) is 9.55 Å². The summed E-state index contributed by atoms with van der Waals surface area (Å²) in [5, 5.41) is 1.03. The van der Waals surface area contributed by atoms with Gasteiger partial charge in [0.15, 0.2) is 0 Å². The highest BCUT2D eigenvalue weighted by molar-refractivity contribution is 9.09. The molecule has 1 N–H and O–H groups in total. The summed E-state index contributed by atoms with van der Waals surface area (Å²) >= 11 is 3.38. The first-order valence-corrected chi connectivity index (χ1v) is 6.63. The molecule has 90 valence electrons. The second kappa shape index (κ2) is 6.68. The van der Waals surface area contributed by atoms with E-state index in [9.17, 15) is 9.59 Å². The topological polar surface area (TPSA) is 54.9 Å².